The smallest absolute Gasteiger partial charge is 0.259 e. The lowest BCUT2D eigenvalue weighted by Crippen LogP contribution is -2.62. The molecule has 2 aliphatic heterocycles. The maximum absolute atomic E-state index is 14.3. The molecule has 5 rings (SSSR count). The quantitative estimate of drug-likeness (QED) is 0.603. The molecule has 4 heterocycles. The molecule has 1 saturated carbocycles. The third-order valence-electron chi connectivity index (χ3n) is 8.67. The number of nitrogens with zero attached hydrogens (tertiary/aromatic N) is 7. The number of pyridine rings is 1. The number of rotatable bonds is 4. The number of aromatic nitrogens is 3. The van der Waals surface area contributed by atoms with Gasteiger partial charge in [-0.05, 0) is 52.7 Å². The SMILES string of the molecule is C[C@@H]1CN(c2ncnc3c2C2(CCC2)CN3c2cc(C#N)ccn2)[C@@H](C)CN1C(=O)C(C)(C)C(C)(F)F. The Labute approximate surface area is 216 Å². The third-order valence-corrected chi connectivity index (χ3v) is 8.67. The van der Waals surface area contributed by atoms with E-state index in [2.05, 4.69) is 25.8 Å². The van der Waals surface area contributed by atoms with Crippen molar-refractivity contribution in [1.82, 2.24) is 19.9 Å². The molecule has 196 valence electrons. The predicted molar refractivity (Wildman–Crippen MR) is 136 cm³/mol. The number of carbonyl (C=O) groups excluding carboxylic acids is 1. The molecule has 3 aliphatic rings. The fourth-order valence-electron chi connectivity index (χ4n) is 5.81. The van der Waals surface area contributed by atoms with Crippen LogP contribution in [-0.2, 0) is 10.2 Å². The molecule has 0 aromatic carbocycles. The number of piperazine rings is 1. The second-order valence-electron chi connectivity index (χ2n) is 11.5. The van der Waals surface area contributed by atoms with E-state index in [0.717, 1.165) is 49.9 Å². The van der Waals surface area contributed by atoms with Crippen molar-refractivity contribution in [1.29, 1.82) is 5.26 Å². The summed E-state index contributed by atoms with van der Waals surface area (Å²) in [5.41, 5.74) is -0.261. The van der Waals surface area contributed by atoms with E-state index >= 15 is 0 Å². The molecule has 8 nitrogen and oxygen atoms in total. The van der Waals surface area contributed by atoms with Crippen molar-refractivity contribution in [3.05, 3.63) is 35.8 Å². The minimum atomic E-state index is -3.13. The summed E-state index contributed by atoms with van der Waals surface area (Å²) in [4.78, 5) is 33.1. The van der Waals surface area contributed by atoms with Crippen LogP contribution in [0.5, 0.6) is 0 Å². The second kappa shape index (κ2) is 8.61. The second-order valence-corrected chi connectivity index (χ2v) is 11.5. The number of anilines is 3. The molecule has 2 atom stereocenters. The van der Waals surface area contributed by atoms with Gasteiger partial charge in [0.25, 0.3) is 5.92 Å². The Kier molecular flexibility index (Phi) is 5.89. The molecule has 1 amide bonds. The summed E-state index contributed by atoms with van der Waals surface area (Å²) in [6.45, 7) is 8.91. The highest BCUT2D eigenvalue weighted by molar-refractivity contribution is 5.84. The number of amides is 1. The van der Waals surface area contributed by atoms with E-state index in [1.165, 1.54) is 13.8 Å². The third kappa shape index (κ3) is 3.90. The molecular weight excluding hydrogens is 476 g/mol. The van der Waals surface area contributed by atoms with E-state index in [0.29, 0.717) is 24.5 Å². The first-order valence-corrected chi connectivity index (χ1v) is 12.8. The molecule has 0 radical (unpaired) electrons. The first-order chi connectivity index (χ1) is 17.4. The van der Waals surface area contributed by atoms with Gasteiger partial charge in [-0.3, -0.25) is 4.79 Å². The maximum Gasteiger partial charge on any atom is 0.259 e. The first-order valence-electron chi connectivity index (χ1n) is 12.8. The number of hydrogen-bond acceptors (Lipinski definition) is 7. The van der Waals surface area contributed by atoms with Crippen LogP contribution in [0.1, 0.15) is 65.0 Å². The lowest BCUT2D eigenvalue weighted by molar-refractivity contribution is -0.165. The Morgan fingerprint density at radius 2 is 1.81 bits per heavy atom. The number of hydrogen-bond donors (Lipinski definition) is 0. The van der Waals surface area contributed by atoms with E-state index < -0.39 is 17.2 Å². The minimum Gasteiger partial charge on any atom is -0.350 e. The molecule has 2 aromatic heterocycles. The fourth-order valence-corrected chi connectivity index (χ4v) is 5.81. The standard InChI is InChI=1S/C27H33F2N7O/c1-17-14-35(24(37)25(3,4)26(5,28)29)18(2)13-34(17)22-21-23(33-16-32-22)36(15-27(21)8-6-9-27)20-11-19(12-30)7-10-31-20/h7,10-11,16-18H,6,8-9,13-15H2,1-5H3/t17-,18+/m0/s1. The molecule has 0 bridgehead atoms. The van der Waals surface area contributed by atoms with Gasteiger partial charge in [-0.25, -0.2) is 23.7 Å². The summed E-state index contributed by atoms with van der Waals surface area (Å²) in [5, 5.41) is 9.39. The molecule has 1 saturated heterocycles. The molecule has 1 aliphatic carbocycles. The van der Waals surface area contributed by atoms with Crippen LogP contribution in [0.15, 0.2) is 24.7 Å². The van der Waals surface area contributed by atoms with Gasteiger partial charge >= 0.3 is 0 Å². The molecule has 37 heavy (non-hydrogen) atoms. The van der Waals surface area contributed by atoms with Crippen molar-refractivity contribution in [2.24, 2.45) is 5.41 Å². The van der Waals surface area contributed by atoms with Gasteiger partial charge in [-0.2, -0.15) is 5.26 Å². The minimum absolute atomic E-state index is 0.0988. The largest absolute Gasteiger partial charge is 0.350 e. The average Bonchev–Trinajstić information content (AvgIpc) is 3.20. The highest BCUT2D eigenvalue weighted by Gasteiger charge is 2.54. The van der Waals surface area contributed by atoms with E-state index in [9.17, 15) is 18.8 Å². The first kappa shape index (κ1) is 25.3. The number of fused-ring (bicyclic) bond motifs is 2. The van der Waals surface area contributed by atoms with E-state index in [1.807, 2.05) is 13.8 Å². The van der Waals surface area contributed by atoms with E-state index in [4.69, 9.17) is 4.98 Å². The van der Waals surface area contributed by atoms with Gasteiger partial charge in [0.2, 0.25) is 5.91 Å². The zero-order chi connectivity index (χ0) is 26.8. The average molecular weight is 510 g/mol. The van der Waals surface area contributed by atoms with Crippen LogP contribution in [0.2, 0.25) is 0 Å². The summed E-state index contributed by atoms with van der Waals surface area (Å²) < 4.78 is 28.5. The van der Waals surface area contributed by atoms with Gasteiger partial charge in [0.15, 0.2) is 0 Å². The Morgan fingerprint density at radius 1 is 1.11 bits per heavy atom. The molecule has 0 unspecified atom stereocenters. The lowest BCUT2D eigenvalue weighted by atomic mass is 9.66. The van der Waals surface area contributed by atoms with E-state index in [-0.39, 0.29) is 17.5 Å². The summed E-state index contributed by atoms with van der Waals surface area (Å²) in [6, 6.07) is 5.27. The molecule has 2 fully saturated rings. The molecule has 10 heteroatoms. The topological polar surface area (TPSA) is 89.2 Å². The Hall–Kier alpha value is -3.35. The highest BCUT2D eigenvalue weighted by Crippen LogP contribution is 2.56. The van der Waals surface area contributed by atoms with Crippen LogP contribution in [0.4, 0.5) is 26.2 Å². The lowest BCUT2D eigenvalue weighted by Gasteiger charge is -2.48. The van der Waals surface area contributed by atoms with Gasteiger partial charge in [0, 0.05) is 55.8 Å². The number of alkyl halides is 2. The summed E-state index contributed by atoms with van der Waals surface area (Å²) in [7, 11) is 0. The van der Waals surface area contributed by atoms with Crippen molar-refractivity contribution < 1.29 is 13.6 Å². The Balaban J connectivity index is 1.49. The van der Waals surface area contributed by atoms with Gasteiger partial charge in [-0.15, -0.1) is 0 Å². The molecule has 0 N–H and O–H groups in total. The monoisotopic (exact) mass is 509 g/mol. The van der Waals surface area contributed by atoms with Crippen molar-refractivity contribution in [3.63, 3.8) is 0 Å². The number of carbonyl (C=O) groups is 1. The van der Waals surface area contributed by atoms with Crippen LogP contribution in [0, 0.1) is 16.7 Å². The number of nitriles is 1. The molecular formula is C27H33F2N7O. The van der Waals surface area contributed by atoms with Crippen molar-refractivity contribution >= 4 is 23.4 Å². The molecule has 1 spiro atoms. The Bertz CT molecular complexity index is 1260. The number of halogens is 2. The van der Waals surface area contributed by atoms with Gasteiger partial charge < -0.3 is 14.7 Å². The van der Waals surface area contributed by atoms with E-state index in [1.54, 1.807) is 29.6 Å². The zero-order valence-corrected chi connectivity index (χ0v) is 22.0. The summed E-state index contributed by atoms with van der Waals surface area (Å²) in [6.07, 6.45) is 6.33. The van der Waals surface area contributed by atoms with Gasteiger partial charge in [-0.1, -0.05) is 6.42 Å². The van der Waals surface area contributed by atoms with Crippen LogP contribution in [-0.4, -0.2) is 63.4 Å². The van der Waals surface area contributed by atoms with Crippen molar-refractivity contribution in [2.75, 3.05) is 29.4 Å². The zero-order valence-electron chi connectivity index (χ0n) is 22.0. The summed E-state index contributed by atoms with van der Waals surface area (Å²) >= 11 is 0. The van der Waals surface area contributed by atoms with Gasteiger partial charge in [0.1, 0.15) is 29.2 Å². The van der Waals surface area contributed by atoms with Crippen LogP contribution >= 0.6 is 0 Å². The predicted octanol–water partition coefficient (Wildman–Crippen LogP) is 4.42. The summed E-state index contributed by atoms with van der Waals surface area (Å²) in [5.74, 6) is -1.33. The van der Waals surface area contributed by atoms with Crippen LogP contribution in [0.25, 0.3) is 0 Å². The normalized spacial score (nSPS) is 23.0. The highest BCUT2D eigenvalue weighted by atomic mass is 19.3. The fraction of sp³-hybridized carbons (Fsp3) is 0.593. The van der Waals surface area contributed by atoms with Gasteiger partial charge in [0.05, 0.1) is 11.6 Å². The molecule has 2 aromatic rings. The van der Waals surface area contributed by atoms with Crippen LogP contribution in [0.3, 0.4) is 0 Å². The maximum atomic E-state index is 14.3. The van der Waals surface area contributed by atoms with Crippen molar-refractivity contribution in [3.8, 4) is 6.07 Å². The van der Waals surface area contributed by atoms with Crippen molar-refractivity contribution in [2.45, 2.75) is 77.3 Å². The van der Waals surface area contributed by atoms with Crippen LogP contribution < -0.4 is 9.80 Å². The Morgan fingerprint density at radius 3 is 2.43 bits per heavy atom.